The van der Waals surface area contributed by atoms with Crippen LogP contribution >= 0.6 is 0 Å². The van der Waals surface area contributed by atoms with E-state index in [-0.39, 0.29) is 5.91 Å². The maximum atomic E-state index is 12.7. The number of carbonyl (C=O) groups is 1. The second-order valence-corrected chi connectivity index (χ2v) is 5.54. The van der Waals surface area contributed by atoms with Crippen LogP contribution in [-0.4, -0.2) is 41.9 Å². The molecule has 0 atom stereocenters. The van der Waals surface area contributed by atoms with Crippen LogP contribution in [0.1, 0.15) is 22.6 Å². The number of para-hydroxylation sites is 1. The molecule has 116 valence electrons. The molecule has 1 aliphatic rings. The van der Waals surface area contributed by atoms with Gasteiger partial charge >= 0.3 is 0 Å². The molecule has 0 saturated heterocycles. The molecular formula is C16H16N6O. The van der Waals surface area contributed by atoms with E-state index < -0.39 is 0 Å². The van der Waals surface area contributed by atoms with Crippen LogP contribution in [0.2, 0.25) is 0 Å². The molecule has 0 bridgehead atoms. The van der Waals surface area contributed by atoms with Gasteiger partial charge in [-0.3, -0.25) is 4.79 Å². The highest BCUT2D eigenvalue weighted by atomic mass is 16.2. The van der Waals surface area contributed by atoms with E-state index in [2.05, 4.69) is 19.9 Å². The monoisotopic (exact) mass is 308 g/mol. The fraction of sp³-hybridized carbons (Fsp3) is 0.250. The highest BCUT2D eigenvalue weighted by Crippen LogP contribution is 2.14. The number of aromatic nitrogens is 5. The van der Waals surface area contributed by atoms with Crippen LogP contribution in [0.25, 0.3) is 5.69 Å². The first-order valence-electron chi connectivity index (χ1n) is 7.57. The average Bonchev–Trinajstić information content (AvgIpc) is 3.20. The first-order valence-corrected chi connectivity index (χ1v) is 7.57. The number of benzene rings is 1. The maximum Gasteiger partial charge on any atom is 0.276 e. The third-order valence-corrected chi connectivity index (χ3v) is 4.00. The molecule has 0 radical (unpaired) electrons. The smallest absolute Gasteiger partial charge is 0.276 e. The van der Waals surface area contributed by atoms with Crippen LogP contribution in [0, 0.1) is 0 Å². The molecule has 1 amide bonds. The van der Waals surface area contributed by atoms with E-state index >= 15 is 0 Å². The SMILES string of the molecule is O=C(c1cn(-c2ccccc2)nn1)N1CCCn2cncc2C1. The van der Waals surface area contributed by atoms with Gasteiger partial charge < -0.3 is 9.47 Å². The summed E-state index contributed by atoms with van der Waals surface area (Å²) in [5.41, 5.74) is 2.29. The Morgan fingerprint density at radius 2 is 2.00 bits per heavy atom. The van der Waals surface area contributed by atoms with E-state index in [1.807, 2.05) is 42.9 Å². The third-order valence-electron chi connectivity index (χ3n) is 4.00. The molecule has 0 unspecified atom stereocenters. The molecule has 7 heteroatoms. The molecule has 0 fully saturated rings. The number of fused-ring (bicyclic) bond motifs is 1. The molecule has 3 aromatic rings. The van der Waals surface area contributed by atoms with E-state index in [9.17, 15) is 4.79 Å². The zero-order valence-electron chi connectivity index (χ0n) is 12.5. The fourth-order valence-electron chi connectivity index (χ4n) is 2.79. The molecule has 0 saturated carbocycles. The lowest BCUT2D eigenvalue weighted by molar-refractivity contribution is 0.0739. The molecule has 7 nitrogen and oxygen atoms in total. The van der Waals surface area contributed by atoms with Crippen LogP contribution < -0.4 is 0 Å². The summed E-state index contributed by atoms with van der Waals surface area (Å²) in [6.45, 7) is 2.14. The van der Waals surface area contributed by atoms with Gasteiger partial charge in [0.25, 0.3) is 5.91 Å². The minimum Gasteiger partial charge on any atom is -0.333 e. The molecule has 0 aliphatic carbocycles. The van der Waals surface area contributed by atoms with Crippen molar-refractivity contribution in [1.82, 2.24) is 29.4 Å². The molecule has 1 aromatic carbocycles. The van der Waals surface area contributed by atoms with Crippen molar-refractivity contribution in [2.45, 2.75) is 19.5 Å². The Hall–Kier alpha value is -2.96. The van der Waals surface area contributed by atoms with Gasteiger partial charge in [0.1, 0.15) is 0 Å². The standard InChI is InChI=1S/C16H16N6O/c23-16(20-7-4-8-21-12-17-9-14(21)10-20)15-11-22(19-18-15)13-5-2-1-3-6-13/h1-3,5-6,9,11-12H,4,7-8,10H2. The van der Waals surface area contributed by atoms with Gasteiger partial charge in [0, 0.05) is 19.3 Å². The number of aryl methyl sites for hydroxylation is 1. The Kier molecular flexibility index (Phi) is 3.38. The maximum absolute atomic E-state index is 12.7. The topological polar surface area (TPSA) is 68.8 Å². The minimum atomic E-state index is -0.0955. The van der Waals surface area contributed by atoms with Gasteiger partial charge in [0.05, 0.1) is 30.5 Å². The number of nitrogens with zero attached hydrogens (tertiary/aromatic N) is 6. The highest BCUT2D eigenvalue weighted by Gasteiger charge is 2.22. The van der Waals surface area contributed by atoms with Crippen LogP contribution in [0.4, 0.5) is 0 Å². The van der Waals surface area contributed by atoms with E-state index in [4.69, 9.17) is 0 Å². The molecule has 23 heavy (non-hydrogen) atoms. The van der Waals surface area contributed by atoms with Gasteiger partial charge in [-0.25, -0.2) is 9.67 Å². The molecule has 4 rings (SSSR count). The zero-order chi connectivity index (χ0) is 15.6. The number of hydrogen-bond donors (Lipinski definition) is 0. The van der Waals surface area contributed by atoms with Gasteiger partial charge in [-0.05, 0) is 18.6 Å². The third kappa shape index (κ3) is 2.61. The van der Waals surface area contributed by atoms with Crippen LogP contribution in [-0.2, 0) is 13.1 Å². The Morgan fingerprint density at radius 1 is 1.13 bits per heavy atom. The Morgan fingerprint density at radius 3 is 2.87 bits per heavy atom. The Balaban J connectivity index is 1.57. The quantitative estimate of drug-likeness (QED) is 0.719. The second kappa shape index (κ2) is 5.68. The van der Waals surface area contributed by atoms with Crippen molar-refractivity contribution in [3.63, 3.8) is 0 Å². The number of rotatable bonds is 2. The van der Waals surface area contributed by atoms with Gasteiger partial charge in [-0.1, -0.05) is 23.4 Å². The van der Waals surface area contributed by atoms with Gasteiger partial charge in [-0.2, -0.15) is 0 Å². The number of amides is 1. The van der Waals surface area contributed by atoms with Crippen LogP contribution in [0.5, 0.6) is 0 Å². The predicted octanol–water partition coefficient (Wildman–Crippen LogP) is 1.51. The average molecular weight is 308 g/mol. The first-order chi connectivity index (χ1) is 11.3. The summed E-state index contributed by atoms with van der Waals surface area (Å²) in [5.74, 6) is -0.0955. The van der Waals surface area contributed by atoms with Crippen molar-refractivity contribution in [3.05, 3.63) is 60.4 Å². The highest BCUT2D eigenvalue weighted by molar-refractivity contribution is 5.92. The zero-order valence-corrected chi connectivity index (χ0v) is 12.5. The van der Waals surface area contributed by atoms with Crippen LogP contribution in [0.3, 0.4) is 0 Å². The summed E-state index contributed by atoms with van der Waals surface area (Å²) in [6.07, 6.45) is 6.21. The van der Waals surface area contributed by atoms with Crippen molar-refractivity contribution < 1.29 is 4.79 Å². The van der Waals surface area contributed by atoms with Gasteiger partial charge in [-0.15, -0.1) is 5.10 Å². The summed E-state index contributed by atoms with van der Waals surface area (Å²) in [7, 11) is 0. The molecule has 0 N–H and O–H groups in total. The van der Waals surface area contributed by atoms with E-state index in [0.717, 1.165) is 24.3 Å². The van der Waals surface area contributed by atoms with Crippen molar-refractivity contribution >= 4 is 5.91 Å². The number of imidazole rings is 1. The Bertz CT molecular complexity index is 822. The minimum absolute atomic E-state index is 0.0955. The molecular weight excluding hydrogens is 292 g/mol. The first kappa shape index (κ1) is 13.7. The summed E-state index contributed by atoms with van der Waals surface area (Å²) in [5, 5.41) is 8.10. The molecule has 2 aromatic heterocycles. The summed E-state index contributed by atoms with van der Waals surface area (Å²) in [4.78, 5) is 18.7. The normalized spacial score (nSPS) is 14.3. The fourth-order valence-corrected chi connectivity index (χ4v) is 2.79. The Labute approximate surface area is 133 Å². The lowest BCUT2D eigenvalue weighted by Crippen LogP contribution is -2.31. The summed E-state index contributed by atoms with van der Waals surface area (Å²) in [6, 6.07) is 9.64. The second-order valence-electron chi connectivity index (χ2n) is 5.54. The summed E-state index contributed by atoms with van der Waals surface area (Å²) < 4.78 is 3.71. The van der Waals surface area contributed by atoms with Crippen molar-refractivity contribution in [2.75, 3.05) is 6.54 Å². The summed E-state index contributed by atoms with van der Waals surface area (Å²) >= 11 is 0. The molecule has 0 spiro atoms. The van der Waals surface area contributed by atoms with Gasteiger partial charge in [0.2, 0.25) is 0 Å². The van der Waals surface area contributed by atoms with E-state index in [1.165, 1.54) is 0 Å². The number of hydrogen-bond acceptors (Lipinski definition) is 4. The van der Waals surface area contributed by atoms with Crippen LogP contribution in [0.15, 0.2) is 49.1 Å². The lowest BCUT2D eigenvalue weighted by atomic mass is 10.3. The van der Waals surface area contributed by atoms with E-state index in [1.54, 1.807) is 15.8 Å². The molecule has 3 heterocycles. The van der Waals surface area contributed by atoms with E-state index in [0.29, 0.717) is 18.8 Å². The predicted molar refractivity (Wildman–Crippen MR) is 82.9 cm³/mol. The number of carbonyl (C=O) groups excluding carboxylic acids is 1. The van der Waals surface area contributed by atoms with Crippen molar-refractivity contribution in [2.24, 2.45) is 0 Å². The van der Waals surface area contributed by atoms with Gasteiger partial charge in [0.15, 0.2) is 5.69 Å². The largest absolute Gasteiger partial charge is 0.333 e. The van der Waals surface area contributed by atoms with Crippen molar-refractivity contribution in [1.29, 1.82) is 0 Å². The van der Waals surface area contributed by atoms with Crippen molar-refractivity contribution in [3.8, 4) is 5.69 Å². The lowest BCUT2D eigenvalue weighted by Gasteiger charge is -2.18. The molecule has 1 aliphatic heterocycles.